The summed E-state index contributed by atoms with van der Waals surface area (Å²) in [5, 5.41) is 6.21. The SMILES string of the molecule is C[C@H]1CCCC[C@H]1NC(=O)CSc1nc2sccc2c(=O)n1-c1ccccc1. The van der Waals surface area contributed by atoms with Gasteiger partial charge in [-0.15, -0.1) is 11.3 Å². The molecule has 2 aromatic heterocycles. The van der Waals surface area contributed by atoms with Gasteiger partial charge in [0.1, 0.15) is 4.83 Å². The van der Waals surface area contributed by atoms with Crippen molar-refractivity contribution >= 4 is 39.2 Å². The maximum atomic E-state index is 13.0. The van der Waals surface area contributed by atoms with Crippen LogP contribution in [0.25, 0.3) is 15.9 Å². The van der Waals surface area contributed by atoms with Gasteiger partial charge in [0.05, 0.1) is 16.8 Å². The van der Waals surface area contributed by atoms with Crippen molar-refractivity contribution in [3.8, 4) is 5.69 Å². The number of thiophene rings is 1. The topological polar surface area (TPSA) is 64.0 Å². The number of nitrogens with zero attached hydrogens (tertiary/aromatic N) is 2. The highest BCUT2D eigenvalue weighted by Gasteiger charge is 2.23. The Bertz CT molecular complexity index is 1030. The number of fused-ring (bicyclic) bond motifs is 1. The summed E-state index contributed by atoms with van der Waals surface area (Å²) in [6.45, 7) is 2.20. The average molecular weight is 414 g/mol. The molecule has 0 saturated heterocycles. The predicted octanol–water partition coefficient (Wildman–Crippen LogP) is 4.23. The number of benzene rings is 1. The predicted molar refractivity (Wildman–Crippen MR) is 116 cm³/mol. The minimum atomic E-state index is -0.0961. The van der Waals surface area contributed by atoms with Crippen LogP contribution in [0.2, 0.25) is 0 Å². The molecule has 0 unspecified atom stereocenters. The fourth-order valence-corrected chi connectivity index (χ4v) is 5.33. The summed E-state index contributed by atoms with van der Waals surface area (Å²) >= 11 is 2.76. The van der Waals surface area contributed by atoms with Crippen molar-refractivity contribution in [1.29, 1.82) is 0 Å². The summed E-state index contributed by atoms with van der Waals surface area (Å²) < 4.78 is 1.61. The fraction of sp³-hybridized carbons (Fsp3) is 0.381. The second-order valence-corrected chi connectivity index (χ2v) is 9.07. The standard InChI is InChI=1S/C21H23N3O2S2/c1-14-7-5-6-10-17(14)22-18(25)13-28-21-23-19-16(11-12-27-19)20(26)24(21)15-8-3-2-4-9-15/h2-4,8-9,11-12,14,17H,5-7,10,13H2,1H3,(H,22,25)/t14-,17+/m0/s1. The molecule has 146 valence electrons. The molecular weight excluding hydrogens is 390 g/mol. The molecule has 3 aromatic rings. The third-order valence-corrected chi connectivity index (χ3v) is 7.02. The number of para-hydroxylation sites is 1. The van der Waals surface area contributed by atoms with Crippen LogP contribution < -0.4 is 10.9 Å². The number of aromatic nitrogens is 2. The quantitative estimate of drug-likeness (QED) is 0.502. The first-order chi connectivity index (χ1) is 13.6. The second-order valence-electron chi connectivity index (χ2n) is 7.23. The van der Waals surface area contributed by atoms with E-state index in [0.29, 0.717) is 21.3 Å². The molecule has 1 fully saturated rings. The first-order valence-electron chi connectivity index (χ1n) is 9.61. The molecule has 1 N–H and O–H groups in total. The summed E-state index contributed by atoms with van der Waals surface area (Å²) in [6, 6.07) is 11.5. The van der Waals surface area contributed by atoms with E-state index in [1.165, 1.54) is 42.4 Å². The fourth-order valence-electron chi connectivity index (χ4n) is 3.71. The Balaban J connectivity index is 1.58. The van der Waals surface area contributed by atoms with Crippen molar-refractivity contribution in [1.82, 2.24) is 14.9 Å². The molecule has 1 aliphatic rings. The van der Waals surface area contributed by atoms with Crippen LogP contribution in [0.15, 0.2) is 51.7 Å². The van der Waals surface area contributed by atoms with Crippen LogP contribution in [0.1, 0.15) is 32.6 Å². The summed E-state index contributed by atoms with van der Waals surface area (Å²) in [5.41, 5.74) is 0.665. The van der Waals surface area contributed by atoms with Crippen LogP contribution in [0.5, 0.6) is 0 Å². The molecule has 0 bridgehead atoms. The van der Waals surface area contributed by atoms with E-state index in [4.69, 9.17) is 0 Å². The summed E-state index contributed by atoms with van der Waals surface area (Å²) in [4.78, 5) is 30.9. The molecule has 1 amide bonds. The zero-order valence-corrected chi connectivity index (χ0v) is 17.4. The number of rotatable bonds is 5. The number of hydrogen-bond donors (Lipinski definition) is 1. The van der Waals surface area contributed by atoms with E-state index >= 15 is 0 Å². The molecule has 2 atom stereocenters. The minimum Gasteiger partial charge on any atom is -0.352 e. The van der Waals surface area contributed by atoms with E-state index in [0.717, 1.165) is 12.1 Å². The highest BCUT2D eigenvalue weighted by atomic mass is 32.2. The van der Waals surface area contributed by atoms with Crippen LogP contribution in [0, 0.1) is 5.92 Å². The third-order valence-electron chi connectivity index (χ3n) is 5.27. The Kier molecular flexibility index (Phi) is 5.82. The third kappa shape index (κ3) is 4.00. The van der Waals surface area contributed by atoms with Gasteiger partial charge < -0.3 is 5.32 Å². The zero-order chi connectivity index (χ0) is 19.5. The molecule has 0 spiro atoms. The molecule has 1 aliphatic carbocycles. The lowest BCUT2D eigenvalue weighted by Gasteiger charge is -2.29. The highest BCUT2D eigenvalue weighted by Crippen LogP contribution is 2.25. The highest BCUT2D eigenvalue weighted by molar-refractivity contribution is 7.99. The Hall–Kier alpha value is -2.12. The molecule has 1 aromatic carbocycles. The summed E-state index contributed by atoms with van der Waals surface area (Å²) in [6.07, 6.45) is 4.64. The molecule has 0 radical (unpaired) electrons. The van der Waals surface area contributed by atoms with Crippen molar-refractivity contribution < 1.29 is 4.79 Å². The van der Waals surface area contributed by atoms with Crippen molar-refractivity contribution in [3.05, 3.63) is 52.1 Å². The van der Waals surface area contributed by atoms with Crippen LogP contribution >= 0.6 is 23.1 Å². The largest absolute Gasteiger partial charge is 0.352 e. The Labute approximate surface area is 172 Å². The smallest absolute Gasteiger partial charge is 0.267 e. The van der Waals surface area contributed by atoms with E-state index in [1.54, 1.807) is 10.6 Å². The van der Waals surface area contributed by atoms with Crippen LogP contribution in [0.4, 0.5) is 0 Å². The van der Waals surface area contributed by atoms with Gasteiger partial charge in [0.2, 0.25) is 5.91 Å². The van der Waals surface area contributed by atoms with Crippen molar-refractivity contribution in [2.24, 2.45) is 5.92 Å². The number of amides is 1. The van der Waals surface area contributed by atoms with Gasteiger partial charge in [-0.1, -0.05) is 49.7 Å². The lowest BCUT2D eigenvalue weighted by molar-refractivity contribution is -0.119. The van der Waals surface area contributed by atoms with E-state index in [2.05, 4.69) is 17.2 Å². The molecule has 5 nitrogen and oxygen atoms in total. The number of nitrogens with one attached hydrogen (secondary N) is 1. The Morgan fingerprint density at radius 3 is 2.82 bits per heavy atom. The average Bonchev–Trinajstić information content (AvgIpc) is 3.18. The van der Waals surface area contributed by atoms with Gasteiger partial charge in [-0.3, -0.25) is 14.2 Å². The van der Waals surface area contributed by atoms with Gasteiger partial charge in [0.25, 0.3) is 5.56 Å². The zero-order valence-electron chi connectivity index (χ0n) is 15.8. The van der Waals surface area contributed by atoms with Crippen molar-refractivity contribution in [3.63, 3.8) is 0 Å². The molecule has 1 saturated carbocycles. The summed E-state index contributed by atoms with van der Waals surface area (Å²) in [7, 11) is 0. The van der Waals surface area contributed by atoms with Gasteiger partial charge in [-0.25, -0.2) is 4.98 Å². The Morgan fingerprint density at radius 2 is 2.04 bits per heavy atom. The first kappa shape index (κ1) is 19.2. The van der Waals surface area contributed by atoms with Gasteiger partial charge >= 0.3 is 0 Å². The molecule has 28 heavy (non-hydrogen) atoms. The number of carbonyl (C=O) groups excluding carboxylic acids is 1. The lowest BCUT2D eigenvalue weighted by atomic mass is 9.86. The van der Waals surface area contributed by atoms with Crippen LogP contribution in [0.3, 0.4) is 0 Å². The second kappa shape index (κ2) is 8.49. The number of hydrogen-bond acceptors (Lipinski definition) is 5. The van der Waals surface area contributed by atoms with Gasteiger partial charge in [0, 0.05) is 6.04 Å². The molecular formula is C21H23N3O2S2. The normalized spacial score (nSPS) is 19.6. The maximum Gasteiger partial charge on any atom is 0.267 e. The van der Waals surface area contributed by atoms with Crippen molar-refractivity contribution in [2.45, 2.75) is 43.8 Å². The van der Waals surface area contributed by atoms with E-state index in [9.17, 15) is 9.59 Å². The minimum absolute atomic E-state index is 0.00360. The lowest BCUT2D eigenvalue weighted by Crippen LogP contribution is -2.41. The Morgan fingerprint density at radius 1 is 1.25 bits per heavy atom. The summed E-state index contributed by atoms with van der Waals surface area (Å²) in [5.74, 6) is 0.772. The van der Waals surface area contributed by atoms with E-state index in [-0.39, 0.29) is 23.3 Å². The first-order valence-corrected chi connectivity index (χ1v) is 11.5. The van der Waals surface area contributed by atoms with Crippen molar-refractivity contribution in [2.75, 3.05) is 5.75 Å². The van der Waals surface area contributed by atoms with E-state index < -0.39 is 0 Å². The van der Waals surface area contributed by atoms with Crippen LogP contribution in [-0.4, -0.2) is 27.3 Å². The van der Waals surface area contributed by atoms with Gasteiger partial charge in [-0.05, 0) is 42.3 Å². The van der Waals surface area contributed by atoms with Gasteiger partial charge in [0.15, 0.2) is 5.16 Å². The number of carbonyl (C=O) groups is 1. The molecule has 0 aliphatic heterocycles. The molecule has 7 heteroatoms. The van der Waals surface area contributed by atoms with E-state index in [1.807, 2.05) is 35.7 Å². The molecule has 2 heterocycles. The maximum absolute atomic E-state index is 13.0. The molecule has 4 rings (SSSR count). The van der Waals surface area contributed by atoms with Crippen LogP contribution in [-0.2, 0) is 4.79 Å². The van der Waals surface area contributed by atoms with Gasteiger partial charge in [-0.2, -0.15) is 0 Å². The monoisotopic (exact) mass is 413 g/mol. The number of thioether (sulfide) groups is 1.